The average Bonchev–Trinajstić information content (AvgIpc) is 3.09. The number of nitrogens with zero attached hydrogens (tertiary/aromatic N) is 1. The summed E-state index contributed by atoms with van der Waals surface area (Å²) in [5, 5.41) is 4.82. The van der Waals surface area contributed by atoms with Crippen LogP contribution in [0.1, 0.15) is 36.3 Å². The van der Waals surface area contributed by atoms with Crippen molar-refractivity contribution in [2.75, 3.05) is 0 Å². The smallest absolute Gasteiger partial charge is 0.107 e. The van der Waals surface area contributed by atoms with Gasteiger partial charge < -0.3 is 5.32 Å². The lowest BCUT2D eigenvalue weighted by molar-refractivity contribution is 0.523. The minimum atomic E-state index is 0.715. The number of nitrogens with one attached hydrogen (secondary N) is 1. The highest BCUT2D eigenvalue weighted by molar-refractivity contribution is 7.15. The van der Waals surface area contributed by atoms with Crippen molar-refractivity contribution in [2.45, 2.75) is 45.2 Å². The molecular formula is C16H20N2S. The van der Waals surface area contributed by atoms with E-state index in [9.17, 15) is 0 Å². The van der Waals surface area contributed by atoms with Gasteiger partial charge in [-0.3, -0.25) is 0 Å². The molecule has 2 nitrogen and oxygen atoms in total. The van der Waals surface area contributed by atoms with Gasteiger partial charge in [-0.15, -0.1) is 11.3 Å². The van der Waals surface area contributed by atoms with Crippen molar-refractivity contribution in [3.8, 4) is 10.4 Å². The van der Waals surface area contributed by atoms with Crippen LogP contribution in [0.5, 0.6) is 0 Å². The first-order chi connectivity index (χ1) is 9.31. The van der Waals surface area contributed by atoms with Crippen LogP contribution in [0.15, 0.2) is 30.5 Å². The van der Waals surface area contributed by atoms with Gasteiger partial charge in [0.1, 0.15) is 5.01 Å². The number of hydrogen-bond donors (Lipinski definition) is 1. The molecule has 1 N–H and O–H groups in total. The summed E-state index contributed by atoms with van der Waals surface area (Å²) in [6.07, 6.45) is 7.42. The summed E-state index contributed by atoms with van der Waals surface area (Å²) in [4.78, 5) is 5.80. The molecule has 0 bridgehead atoms. The van der Waals surface area contributed by atoms with Gasteiger partial charge in [0.2, 0.25) is 0 Å². The van der Waals surface area contributed by atoms with Crippen LogP contribution in [-0.4, -0.2) is 11.0 Å². The van der Waals surface area contributed by atoms with Gasteiger partial charge in [-0.1, -0.05) is 42.7 Å². The highest BCUT2D eigenvalue weighted by atomic mass is 32.1. The summed E-state index contributed by atoms with van der Waals surface area (Å²) < 4.78 is 0. The summed E-state index contributed by atoms with van der Waals surface area (Å²) in [5.74, 6) is 0. The van der Waals surface area contributed by atoms with Gasteiger partial charge in [-0.2, -0.15) is 0 Å². The first-order valence-electron chi connectivity index (χ1n) is 7.06. The minimum absolute atomic E-state index is 0.715. The third-order valence-electron chi connectivity index (χ3n) is 3.79. The van der Waals surface area contributed by atoms with Gasteiger partial charge >= 0.3 is 0 Å². The summed E-state index contributed by atoms with van der Waals surface area (Å²) in [6, 6.07) is 9.39. The molecule has 19 heavy (non-hydrogen) atoms. The quantitative estimate of drug-likeness (QED) is 0.904. The van der Waals surface area contributed by atoms with Gasteiger partial charge in [-0.05, 0) is 25.3 Å². The fraction of sp³-hybridized carbons (Fsp3) is 0.438. The van der Waals surface area contributed by atoms with E-state index < -0.39 is 0 Å². The highest BCUT2D eigenvalue weighted by Crippen LogP contribution is 2.26. The van der Waals surface area contributed by atoms with Crippen LogP contribution in [-0.2, 0) is 6.54 Å². The van der Waals surface area contributed by atoms with E-state index in [0.717, 1.165) is 6.54 Å². The molecule has 1 aromatic carbocycles. The van der Waals surface area contributed by atoms with Crippen LogP contribution >= 0.6 is 11.3 Å². The van der Waals surface area contributed by atoms with Crippen LogP contribution in [0.2, 0.25) is 0 Å². The van der Waals surface area contributed by atoms with Crippen LogP contribution < -0.4 is 5.32 Å². The fourth-order valence-electron chi connectivity index (χ4n) is 2.60. The topological polar surface area (TPSA) is 24.9 Å². The van der Waals surface area contributed by atoms with E-state index in [2.05, 4.69) is 41.5 Å². The van der Waals surface area contributed by atoms with E-state index in [4.69, 9.17) is 0 Å². The molecule has 3 heteroatoms. The second kappa shape index (κ2) is 5.85. The molecule has 3 rings (SSSR count). The molecule has 1 saturated carbocycles. The van der Waals surface area contributed by atoms with Crippen molar-refractivity contribution in [1.82, 2.24) is 10.3 Å². The third-order valence-corrected chi connectivity index (χ3v) is 4.83. The van der Waals surface area contributed by atoms with Crippen LogP contribution in [0.4, 0.5) is 0 Å². The maximum atomic E-state index is 4.53. The first kappa shape index (κ1) is 12.8. The molecule has 1 aromatic heterocycles. The molecule has 1 heterocycles. The van der Waals surface area contributed by atoms with Crippen molar-refractivity contribution < 1.29 is 0 Å². The van der Waals surface area contributed by atoms with Gasteiger partial charge in [0.05, 0.1) is 4.88 Å². The number of aromatic nitrogens is 1. The molecule has 0 atom stereocenters. The first-order valence-corrected chi connectivity index (χ1v) is 7.88. The maximum Gasteiger partial charge on any atom is 0.107 e. The Hall–Kier alpha value is -1.19. The summed E-state index contributed by atoms with van der Waals surface area (Å²) >= 11 is 1.80. The third kappa shape index (κ3) is 3.23. The van der Waals surface area contributed by atoms with E-state index in [0.29, 0.717) is 6.04 Å². The van der Waals surface area contributed by atoms with Crippen LogP contribution in [0.3, 0.4) is 0 Å². The minimum Gasteiger partial charge on any atom is -0.308 e. The highest BCUT2D eigenvalue weighted by Gasteiger charge is 2.14. The number of aryl methyl sites for hydroxylation is 1. The number of rotatable bonds is 4. The molecule has 0 saturated heterocycles. The van der Waals surface area contributed by atoms with E-state index in [1.54, 1.807) is 11.3 Å². The predicted molar refractivity (Wildman–Crippen MR) is 81.4 cm³/mol. The standard InChI is InChI=1S/C16H20N2S/c1-12-6-8-13(9-7-12)15-10-18-16(19-15)11-17-14-4-2-3-5-14/h6-10,14,17H,2-5,11H2,1H3. The zero-order chi connectivity index (χ0) is 13.1. The van der Waals surface area contributed by atoms with Crippen molar-refractivity contribution in [2.24, 2.45) is 0 Å². The molecule has 1 aliphatic rings. The lowest BCUT2D eigenvalue weighted by Crippen LogP contribution is -2.25. The van der Waals surface area contributed by atoms with Crippen molar-refractivity contribution in [3.05, 3.63) is 41.0 Å². The molecule has 1 fully saturated rings. The SMILES string of the molecule is Cc1ccc(-c2cnc(CNC3CCCC3)s2)cc1. The molecule has 0 unspecified atom stereocenters. The molecule has 0 amide bonds. The van der Waals surface area contributed by atoms with E-state index >= 15 is 0 Å². The Balaban J connectivity index is 1.63. The Labute approximate surface area is 118 Å². The molecular weight excluding hydrogens is 252 g/mol. The Bertz CT molecular complexity index is 524. The molecule has 1 aliphatic carbocycles. The fourth-order valence-corrected chi connectivity index (χ4v) is 3.48. The summed E-state index contributed by atoms with van der Waals surface area (Å²) in [5.41, 5.74) is 2.58. The van der Waals surface area contributed by atoms with Crippen molar-refractivity contribution in [3.63, 3.8) is 0 Å². The van der Waals surface area contributed by atoms with E-state index in [1.807, 2.05) is 6.20 Å². The largest absolute Gasteiger partial charge is 0.308 e. The van der Waals surface area contributed by atoms with Gasteiger partial charge in [0.15, 0.2) is 0 Å². The van der Waals surface area contributed by atoms with E-state index in [1.165, 1.54) is 46.7 Å². The lowest BCUT2D eigenvalue weighted by Gasteiger charge is -2.09. The predicted octanol–water partition coefficient (Wildman–Crippen LogP) is 4.15. The van der Waals surface area contributed by atoms with Gasteiger partial charge in [-0.25, -0.2) is 4.98 Å². The summed E-state index contributed by atoms with van der Waals surface area (Å²) in [6.45, 7) is 3.04. The van der Waals surface area contributed by atoms with Crippen molar-refractivity contribution >= 4 is 11.3 Å². The van der Waals surface area contributed by atoms with Gasteiger partial charge in [0, 0.05) is 18.8 Å². The van der Waals surface area contributed by atoms with Gasteiger partial charge in [0.25, 0.3) is 0 Å². The number of thiazole rings is 1. The van der Waals surface area contributed by atoms with E-state index in [-0.39, 0.29) is 0 Å². The lowest BCUT2D eigenvalue weighted by atomic mass is 10.1. The molecule has 100 valence electrons. The monoisotopic (exact) mass is 272 g/mol. The number of hydrogen-bond acceptors (Lipinski definition) is 3. The second-order valence-electron chi connectivity index (χ2n) is 5.35. The second-order valence-corrected chi connectivity index (χ2v) is 6.46. The Morgan fingerprint density at radius 1 is 1.21 bits per heavy atom. The van der Waals surface area contributed by atoms with Crippen LogP contribution in [0, 0.1) is 6.92 Å². The normalized spacial score (nSPS) is 16.1. The zero-order valence-corrected chi connectivity index (χ0v) is 12.2. The Morgan fingerprint density at radius 3 is 2.68 bits per heavy atom. The molecule has 0 radical (unpaired) electrons. The van der Waals surface area contributed by atoms with Crippen molar-refractivity contribution in [1.29, 1.82) is 0 Å². The van der Waals surface area contributed by atoms with Crippen LogP contribution in [0.25, 0.3) is 10.4 Å². The summed E-state index contributed by atoms with van der Waals surface area (Å²) in [7, 11) is 0. The maximum absolute atomic E-state index is 4.53. The Kier molecular flexibility index (Phi) is 3.95. The molecule has 2 aromatic rings. The number of benzene rings is 1. The zero-order valence-electron chi connectivity index (χ0n) is 11.4. The molecule has 0 aliphatic heterocycles. The average molecular weight is 272 g/mol. The molecule has 0 spiro atoms. The Morgan fingerprint density at radius 2 is 1.95 bits per heavy atom.